The number of aromatic nitrogens is 3. The Hall–Kier alpha value is -6.08. The Morgan fingerprint density at radius 1 is 0.753 bits per heavy atom. The molecular weight excluding hydrogens is 1010 g/mol. The first-order valence-corrected chi connectivity index (χ1v) is 25.6. The fourth-order valence-corrected chi connectivity index (χ4v) is 7.20. The molecule has 73 heavy (non-hydrogen) atoms. The van der Waals surface area contributed by atoms with Gasteiger partial charge in [0.05, 0.1) is 42.7 Å². The normalized spacial score (nSPS) is 23.1. The summed E-state index contributed by atoms with van der Waals surface area (Å²) in [4.78, 5) is 101. The van der Waals surface area contributed by atoms with Crippen LogP contribution in [0.2, 0.25) is 5.02 Å². The zero-order chi connectivity index (χ0) is 55.2. The highest BCUT2D eigenvalue weighted by Crippen LogP contribution is 2.27. The molecule has 2 aliphatic heterocycles. The van der Waals surface area contributed by atoms with Crippen LogP contribution in [-0.4, -0.2) is 145 Å². The lowest BCUT2D eigenvalue weighted by molar-refractivity contribution is -0.177. The molecule has 2 N–H and O–H groups in total. The Labute approximate surface area is 429 Å². The van der Waals surface area contributed by atoms with E-state index in [0.29, 0.717) is 10.7 Å². The summed E-state index contributed by atoms with van der Waals surface area (Å²) in [6, 6.07) is 4.44. The number of nitrogens with zero attached hydrogens (tertiary/aromatic N) is 3. The van der Waals surface area contributed by atoms with Gasteiger partial charge in [0, 0.05) is 17.1 Å². The van der Waals surface area contributed by atoms with Crippen molar-refractivity contribution < 1.29 is 88.9 Å². The van der Waals surface area contributed by atoms with Gasteiger partial charge in [0.15, 0.2) is 24.3 Å². The average molecular weight is 1070 g/mol. The van der Waals surface area contributed by atoms with E-state index >= 15 is 0 Å². The van der Waals surface area contributed by atoms with E-state index in [2.05, 4.69) is 20.9 Å². The van der Waals surface area contributed by atoms with E-state index in [1.165, 1.54) is 13.8 Å². The minimum absolute atomic E-state index is 0.124. The number of ether oxygens (including phenoxy) is 8. The second-order valence-electron chi connectivity index (χ2n) is 19.7. The molecule has 8 atom stereocenters. The lowest BCUT2D eigenvalue weighted by atomic mass is 9.94. The number of benzene rings is 1. The Morgan fingerprint density at radius 3 is 1.62 bits per heavy atom. The van der Waals surface area contributed by atoms with E-state index < -0.39 is 149 Å². The van der Waals surface area contributed by atoms with E-state index in [1.807, 2.05) is 6.07 Å². The molecule has 2 aromatic rings. The van der Waals surface area contributed by atoms with Crippen molar-refractivity contribution in [1.82, 2.24) is 25.6 Å². The molecule has 26 heteroatoms. The molecule has 2 aliphatic rings. The third kappa shape index (κ3) is 21.1. The Kier molecular flexibility index (Phi) is 22.4. The summed E-state index contributed by atoms with van der Waals surface area (Å²) in [7, 11) is -3.79. The predicted molar refractivity (Wildman–Crippen MR) is 256 cm³/mol. The number of cyclic esters (lactones) is 4. The third-order valence-electron chi connectivity index (χ3n) is 10.2. The van der Waals surface area contributed by atoms with Crippen molar-refractivity contribution in [3.63, 3.8) is 0 Å². The molecule has 2 saturated heterocycles. The van der Waals surface area contributed by atoms with Crippen molar-refractivity contribution in [2.24, 2.45) is 23.7 Å². The van der Waals surface area contributed by atoms with Crippen LogP contribution in [-0.2, 0) is 87.5 Å². The highest BCUT2D eigenvalue weighted by Gasteiger charge is 2.44. The minimum atomic E-state index is -3.79. The molecule has 0 saturated carbocycles. The first-order chi connectivity index (χ1) is 33.7. The number of hydrogen-bond donors (Lipinski definition) is 2. The van der Waals surface area contributed by atoms with Crippen molar-refractivity contribution >= 4 is 69.7 Å². The van der Waals surface area contributed by atoms with E-state index in [-0.39, 0.29) is 19.4 Å². The predicted octanol–water partition coefficient (Wildman–Crippen LogP) is 4.47. The zero-order valence-electron chi connectivity index (χ0n) is 43.3. The van der Waals surface area contributed by atoms with Gasteiger partial charge in [-0.05, 0) is 80.4 Å². The Bertz CT molecular complexity index is 2380. The van der Waals surface area contributed by atoms with Gasteiger partial charge in [-0.15, -0.1) is 5.10 Å². The van der Waals surface area contributed by atoms with Gasteiger partial charge in [0.2, 0.25) is 0 Å². The summed E-state index contributed by atoms with van der Waals surface area (Å²) >= 11 is 6.08. The molecule has 3 heterocycles. The smallest absolute Gasteiger partial charge is 0.408 e. The second-order valence-corrected chi connectivity index (χ2v) is 21.8. The molecule has 0 unspecified atom stereocenters. The number of nitrogens with one attached hydrogen (secondary N) is 2. The van der Waals surface area contributed by atoms with E-state index in [4.69, 9.17) is 53.7 Å². The Balaban J connectivity index is 0.000000393. The van der Waals surface area contributed by atoms with Crippen LogP contribution in [0, 0.1) is 23.7 Å². The quantitative estimate of drug-likeness (QED) is 0.150. The summed E-state index contributed by atoms with van der Waals surface area (Å²) in [5.74, 6) is -7.88. The fraction of sp³-hybridized carbons (Fsp3) is 0.660. The maximum Gasteiger partial charge on any atom is 0.408 e. The van der Waals surface area contributed by atoms with Gasteiger partial charge in [0.25, 0.3) is 10.1 Å². The molecule has 0 bridgehead atoms. The topological polar surface area (TPSA) is 309 Å². The summed E-state index contributed by atoms with van der Waals surface area (Å²) in [6.07, 6.45) is -3.92. The number of amides is 2. The third-order valence-corrected chi connectivity index (χ3v) is 11.0. The van der Waals surface area contributed by atoms with Crippen molar-refractivity contribution in [3.8, 4) is 11.3 Å². The number of hydrogen-bond acceptors (Lipinski definition) is 21. The molecular formula is C47H68ClN5O19S. The number of alkyl carbamates (subject to hydrolysis) is 2. The van der Waals surface area contributed by atoms with E-state index in [0.717, 1.165) is 11.8 Å². The summed E-state index contributed by atoms with van der Waals surface area (Å²) < 4.78 is 71.7. The Morgan fingerprint density at radius 2 is 1.21 bits per heavy atom. The standard InChI is InChI=1S/C27H35ClN4O8.C20H33NO11S/c1-15(2)23(33)39-22-16(3)38-25(35)21(29-26(36)40-27(4,5)6)14-37-24(34)19(22)10-11-32-13-20(30-31-32)17-8-7-9-18(28)12-17;1-11(2)16(22)31-15-12(3)30-18(24)14(21-19(25)32-20(4,5)6)10-28-17(23)13(15)8-9-29-33(7,26)27/h7-9,12-13,15-16,19,21-22H,10-11,14H2,1-6H3,(H,29,36);11-15H,8-10H2,1-7H3,(H,21,25)/t16-,19+,21-,22-;12-,13+,14-,15-/m00/s1. The number of carbonyl (C=O) groups is 8. The monoisotopic (exact) mass is 1070 g/mol. The van der Waals surface area contributed by atoms with Crippen LogP contribution < -0.4 is 10.6 Å². The highest BCUT2D eigenvalue weighted by atomic mass is 35.5. The zero-order valence-corrected chi connectivity index (χ0v) is 44.9. The minimum Gasteiger partial charge on any atom is -0.463 e. The molecule has 0 aliphatic carbocycles. The molecule has 408 valence electrons. The van der Waals surface area contributed by atoms with Crippen LogP contribution >= 0.6 is 11.6 Å². The van der Waals surface area contributed by atoms with Crippen molar-refractivity contribution in [2.75, 3.05) is 26.1 Å². The molecule has 2 amide bonds. The van der Waals surface area contributed by atoms with Gasteiger partial charge in [-0.1, -0.05) is 56.6 Å². The largest absolute Gasteiger partial charge is 0.463 e. The number of carbonyl (C=O) groups excluding carboxylic acids is 8. The molecule has 24 nitrogen and oxygen atoms in total. The van der Waals surface area contributed by atoms with Gasteiger partial charge in [0.1, 0.15) is 42.3 Å². The average Bonchev–Trinajstić information content (AvgIpc) is 3.75. The fourth-order valence-electron chi connectivity index (χ4n) is 6.62. The summed E-state index contributed by atoms with van der Waals surface area (Å²) in [5.41, 5.74) is -0.294. The second kappa shape index (κ2) is 26.7. The molecule has 4 rings (SSSR count). The van der Waals surface area contributed by atoms with Crippen LogP contribution in [0.1, 0.15) is 95.9 Å². The van der Waals surface area contributed by atoms with Crippen LogP contribution in [0.4, 0.5) is 9.59 Å². The lowest BCUT2D eigenvalue weighted by Gasteiger charge is -2.29. The van der Waals surface area contributed by atoms with Crippen molar-refractivity contribution in [1.29, 1.82) is 0 Å². The van der Waals surface area contributed by atoms with Gasteiger partial charge in [-0.2, -0.15) is 8.42 Å². The first-order valence-electron chi connectivity index (χ1n) is 23.4. The van der Waals surface area contributed by atoms with Crippen LogP contribution in [0.5, 0.6) is 0 Å². The molecule has 2 fully saturated rings. The van der Waals surface area contributed by atoms with Crippen LogP contribution in [0.15, 0.2) is 30.5 Å². The molecule has 0 spiro atoms. The van der Waals surface area contributed by atoms with E-state index in [9.17, 15) is 46.8 Å². The molecule has 0 radical (unpaired) electrons. The SMILES string of the molecule is CC(C)C(=O)O[C@H]1[C@H](C)OC(=O)[C@@H](NC(=O)OC(C)(C)C)COC(=O)[C@@H]1CCOS(C)(=O)=O.CC(C)C(=O)O[C@H]1[C@H](C)OC(=O)[C@@H](NC(=O)OC(C)(C)C)COC(=O)[C@@H]1CCn1cc(-c2cccc(Cl)c2)nn1. The van der Waals surface area contributed by atoms with Gasteiger partial charge >= 0.3 is 48.0 Å². The van der Waals surface area contributed by atoms with Gasteiger partial charge in [-0.25, -0.2) is 19.2 Å². The van der Waals surface area contributed by atoms with Gasteiger partial charge < -0.3 is 48.5 Å². The molecule has 1 aromatic heterocycles. The summed E-state index contributed by atoms with van der Waals surface area (Å²) in [5, 5.41) is 13.5. The van der Waals surface area contributed by atoms with E-state index in [1.54, 1.807) is 98.3 Å². The lowest BCUT2D eigenvalue weighted by Crippen LogP contribution is -2.48. The highest BCUT2D eigenvalue weighted by molar-refractivity contribution is 7.85. The van der Waals surface area contributed by atoms with Crippen molar-refractivity contribution in [3.05, 3.63) is 35.5 Å². The summed E-state index contributed by atoms with van der Waals surface area (Å²) in [6.45, 7) is 18.0. The maximum absolute atomic E-state index is 13.3. The maximum atomic E-state index is 13.3. The number of halogens is 1. The molecule has 1 aromatic carbocycles. The van der Waals surface area contributed by atoms with Gasteiger partial charge in [-0.3, -0.25) is 28.0 Å². The van der Waals surface area contributed by atoms with Crippen molar-refractivity contribution in [2.45, 2.75) is 150 Å². The number of esters is 6. The number of aryl methyl sites for hydroxylation is 1. The first kappa shape index (κ1) is 61.2. The van der Waals surface area contributed by atoms with Crippen LogP contribution in [0.25, 0.3) is 11.3 Å². The number of rotatable bonds is 14. The van der Waals surface area contributed by atoms with Crippen LogP contribution in [0.3, 0.4) is 0 Å².